The Bertz CT molecular complexity index is 634. The second-order valence-electron chi connectivity index (χ2n) is 10.2. The summed E-state index contributed by atoms with van der Waals surface area (Å²) in [6, 6.07) is 0. The first-order valence-electron chi connectivity index (χ1n) is 13.3. The highest BCUT2D eigenvalue weighted by atomic mass is 16.9. The first kappa shape index (κ1) is 25.3. The number of hydrogen-bond donors (Lipinski definition) is 0. The molecule has 0 amide bonds. The molecule has 2 unspecified atom stereocenters. The summed E-state index contributed by atoms with van der Waals surface area (Å²) in [5, 5.41) is 0. The van der Waals surface area contributed by atoms with Gasteiger partial charge in [-0.25, -0.2) is 0 Å². The highest BCUT2D eigenvalue weighted by Crippen LogP contribution is 2.48. The molecule has 3 aliphatic heterocycles. The molecule has 0 aromatic heterocycles. The lowest BCUT2D eigenvalue weighted by Gasteiger charge is -2.36. The lowest BCUT2D eigenvalue weighted by Crippen LogP contribution is -2.47. The van der Waals surface area contributed by atoms with Crippen LogP contribution in [0.4, 0.5) is 0 Å². The third-order valence-electron chi connectivity index (χ3n) is 7.72. The van der Waals surface area contributed by atoms with Crippen molar-refractivity contribution in [1.82, 2.24) is 0 Å². The predicted molar refractivity (Wildman–Crippen MR) is 120 cm³/mol. The van der Waals surface area contributed by atoms with Gasteiger partial charge in [-0.2, -0.15) is 0 Å². The Morgan fingerprint density at radius 1 is 0.794 bits per heavy atom. The molecular formula is C25H42O9. The molecule has 5 rings (SSSR count). The van der Waals surface area contributed by atoms with Gasteiger partial charge >= 0.3 is 0 Å². The van der Waals surface area contributed by atoms with Gasteiger partial charge in [-0.3, -0.25) is 0 Å². The quantitative estimate of drug-likeness (QED) is 0.341. The molecule has 9 nitrogen and oxygen atoms in total. The highest BCUT2D eigenvalue weighted by Gasteiger charge is 2.62. The van der Waals surface area contributed by atoms with Crippen molar-refractivity contribution in [3.05, 3.63) is 0 Å². The van der Waals surface area contributed by atoms with E-state index in [1.807, 2.05) is 6.92 Å². The normalized spacial score (nSPS) is 37.4. The number of hydrogen-bond acceptors (Lipinski definition) is 9. The van der Waals surface area contributed by atoms with Gasteiger partial charge in [-0.1, -0.05) is 12.8 Å². The molecule has 9 heteroatoms. The standard InChI is InChI=1S/C25H42O9/c1-18(28-16-15-27-14-13-26-2)30-21-20(19-17-29-24(32-19)9-5-3-6-10-24)31-23-22(21)33-25(34-23)11-7-4-8-12-25/h18-23H,3-17H2,1-2H3/t18?,19?,20-,21+,22-,23-/m1/s1. The summed E-state index contributed by atoms with van der Waals surface area (Å²) in [5.74, 6) is -1.01. The smallest absolute Gasteiger partial charge is 0.190 e. The van der Waals surface area contributed by atoms with Crippen LogP contribution in [-0.2, 0) is 42.6 Å². The second-order valence-corrected chi connectivity index (χ2v) is 10.2. The van der Waals surface area contributed by atoms with E-state index < -0.39 is 24.2 Å². The van der Waals surface area contributed by atoms with Crippen molar-refractivity contribution in [2.75, 3.05) is 40.1 Å². The molecule has 2 spiro atoms. The molecule has 5 fully saturated rings. The Kier molecular flexibility index (Phi) is 8.45. The fourth-order valence-corrected chi connectivity index (χ4v) is 6.01. The number of fused-ring (bicyclic) bond motifs is 1. The van der Waals surface area contributed by atoms with Crippen molar-refractivity contribution < 1.29 is 42.6 Å². The van der Waals surface area contributed by atoms with Gasteiger partial charge in [0.25, 0.3) is 0 Å². The molecule has 3 heterocycles. The first-order valence-corrected chi connectivity index (χ1v) is 13.3. The van der Waals surface area contributed by atoms with E-state index in [0.717, 1.165) is 51.4 Å². The summed E-state index contributed by atoms with van der Waals surface area (Å²) in [5.41, 5.74) is 0. The summed E-state index contributed by atoms with van der Waals surface area (Å²) in [7, 11) is 1.66. The van der Waals surface area contributed by atoms with Gasteiger partial charge in [0.2, 0.25) is 0 Å². The number of methoxy groups -OCH3 is 1. The molecule has 0 bridgehead atoms. The van der Waals surface area contributed by atoms with E-state index in [9.17, 15) is 0 Å². The van der Waals surface area contributed by atoms with Crippen molar-refractivity contribution >= 4 is 0 Å². The van der Waals surface area contributed by atoms with E-state index in [1.165, 1.54) is 12.8 Å². The van der Waals surface area contributed by atoms with Crippen molar-refractivity contribution in [3.63, 3.8) is 0 Å². The van der Waals surface area contributed by atoms with Crippen molar-refractivity contribution in [2.24, 2.45) is 0 Å². The molecule has 5 aliphatic rings. The maximum absolute atomic E-state index is 6.56. The molecule has 196 valence electrons. The fraction of sp³-hybridized carbons (Fsp3) is 1.00. The zero-order valence-corrected chi connectivity index (χ0v) is 20.7. The summed E-state index contributed by atoms with van der Waals surface area (Å²) in [6.45, 7) is 4.44. The van der Waals surface area contributed by atoms with E-state index in [4.69, 9.17) is 42.6 Å². The van der Waals surface area contributed by atoms with Crippen LogP contribution in [0.1, 0.15) is 71.1 Å². The van der Waals surface area contributed by atoms with Crippen LogP contribution in [0.3, 0.4) is 0 Å². The van der Waals surface area contributed by atoms with E-state index in [0.29, 0.717) is 33.0 Å². The van der Waals surface area contributed by atoms with Crippen LogP contribution in [0.2, 0.25) is 0 Å². The maximum Gasteiger partial charge on any atom is 0.190 e. The van der Waals surface area contributed by atoms with Gasteiger partial charge in [0.15, 0.2) is 24.2 Å². The monoisotopic (exact) mass is 486 g/mol. The predicted octanol–water partition coefficient (Wildman–Crippen LogP) is 3.27. The Morgan fingerprint density at radius 3 is 2.24 bits per heavy atom. The molecule has 34 heavy (non-hydrogen) atoms. The van der Waals surface area contributed by atoms with Crippen LogP contribution in [0.5, 0.6) is 0 Å². The van der Waals surface area contributed by atoms with Gasteiger partial charge in [-0.05, 0) is 32.6 Å². The summed E-state index contributed by atoms with van der Waals surface area (Å²) < 4.78 is 54.9. The Labute approximate surface area is 202 Å². The summed E-state index contributed by atoms with van der Waals surface area (Å²) in [4.78, 5) is 0. The second kappa shape index (κ2) is 11.4. The topological polar surface area (TPSA) is 83.1 Å². The molecule has 2 saturated carbocycles. The third kappa shape index (κ3) is 5.63. The minimum atomic E-state index is -0.545. The van der Waals surface area contributed by atoms with Crippen LogP contribution in [0, 0.1) is 0 Å². The fourth-order valence-electron chi connectivity index (χ4n) is 6.01. The van der Waals surface area contributed by atoms with Gasteiger partial charge in [0.1, 0.15) is 24.4 Å². The van der Waals surface area contributed by atoms with Crippen LogP contribution >= 0.6 is 0 Å². The number of rotatable bonds is 10. The van der Waals surface area contributed by atoms with Crippen molar-refractivity contribution in [2.45, 2.75) is 120 Å². The summed E-state index contributed by atoms with van der Waals surface area (Å²) >= 11 is 0. The Hall–Kier alpha value is -0.360. The largest absolute Gasteiger partial charge is 0.382 e. The molecule has 2 aliphatic carbocycles. The molecule has 3 saturated heterocycles. The van der Waals surface area contributed by atoms with Crippen LogP contribution in [0.15, 0.2) is 0 Å². The molecule has 0 aromatic carbocycles. The van der Waals surface area contributed by atoms with Gasteiger partial charge in [-0.15, -0.1) is 0 Å². The zero-order chi connectivity index (χ0) is 23.4. The van der Waals surface area contributed by atoms with Crippen molar-refractivity contribution in [1.29, 1.82) is 0 Å². The third-order valence-corrected chi connectivity index (χ3v) is 7.72. The first-order chi connectivity index (χ1) is 16.6. The number of ether oxygens (including phenoxy) is 9. The van der Waals surface area contributed by atoms with Gasteiger partial charge in [0, 0.05) is 32.8 Å². The van der Waals surface area contributed by atoms with Crippen molar-refractivity contribution in [3.8, 4) is 0 Å². The molecule has 0 N–H and O–H groups in total. The van der Waals surface area contributed by atoms with E-state index in [2.05, 4.69) is 0 Å². The van der Waals surface area contributed by atoms with Gasteiger partial charge < -0.3 is 42.6 Å². The lowest BCUT2D eigenvalue weighted by atomic mass is 9.94. The average molecular weight is 487 g/mol. The SMILES string of the molecule is COCCOCCOC(C)O[C@@H]1[C@H]2OC3(CCCCC3)O[C@H]2O[C@@H]1C1COC2(CCCCC2)O1. The zero-order valence-electron chi connectivity index (χ0n) is 20.7. The van der Waals surface area contributed by atoms with E-state index in [-0.39, 0.29) is 24.4 Å². The minimum absolute atomic E-state index is 0.215. The van der Waals surface area contributed by atoms with E-state index in [1.54, 1.807) is 7.11 Å². The average Bonchev–Trinajstić information content (AvgIpc) is 3.49. The van der Waals surface area contributed by atoms with Crippen LogP contribution < -0.4 is 0 Å². The van der Waals surface area contributed by atoms with E-state index >= 15 is 0 Å². The van der Waals surface area contributed by atoms with Gasteiger partial charge in [0.05, 0.1) is 33.0 Å². The molecule has 0 aromatic rings. The Balaban J connectivity index is 1.21. The highest BCUT2D eigenvalue weighted by molar-refractivity contribution is 5.01. The lowest BCUT2D eigenvalue weighted by molar-refractivity contribution is -0.274. The summed E-state index contributed by atoms with van der Waals surface area (Å²) in [6.07, 6.45) is 8.51. The molecule has 0 radical (unpaired) electrons. The maximum atomic E-state index is 6.56. The molecule has 6 atom stereocenters. The van der Waals surface area contributed by atoms with Crippen LogP contribution in [-0.4, -0.2) is 88.7 Å². The molecular weight excluding hydrogens is 444 g/mol. The van der Waals surface area contributed by atoms with Crippen LogP contribution in [0.25, 0.3) is 0 Å². The minimum Gasteiger partial charge on any atom is -0.382 e. The Morgan fingerprint density at radius 2 is 1.50 bits per heavy atom.